The second kappa shape index (κ2) is 8.01. The van der Waals surface area contributed by atoms with Gasteiger partial charge in [0.1, 0.15) is 0 Å². The van der Waals surface area contributed by atoms with Crippen LogP contribution in [0.5, 0.6) is 0 Å². The third-order valence-electron chi connectivity index (χ3n) is 4.09. The van der Waals surface area contributed by atoms with Crippen molar-refractivity contribution >= 4 is 21.6 Å². The Morgan fingerprint density at radius 2 is 2.10 bits per heavy atom. The molecule has 0 aliphatic heterocycles. The largest absolute Gasteiger partial charge is 0.383 e. The molecule has 0 radical (unpaired) electrons. The summed E-state index contributed by atoms with van der Waals surface area (Å²) in [6.45, 7) is 2.52. The van der Waals surface area contributed by atoms with E-state index in [2.05, 4.69) is 51.4 Å². The zero-order valence-electron chi connectivity index (χ0n) is 12.5. The zero-order valence-corrected chi connectivity index (χ0v) is 14.1. The van der Waals surface area contributed by atoms with Gasteiger partial charge in [-0.15, -0.1) is 0 Å². The van der Waals surface area contributed by atoms with Crippen molar-refractivity contribution in [2.45, 2.75) is 38.3 Å². The molecule has 4 heteroatoms. The van der Waals surface area contributed by atoms with Gasteiger partial charge in [-0.05, 0) is 36.6 Å². The fourth-order valence-corrected chi connectivity index (χ4v) is 3.33. The lowest BCUT2D eigenvalue weighted by atomic mass is 10.1. The highest BCUT2D eigenvalue weighted by atomic mass is 79.9. The molecule has 0 bridgehead atoms. The van der Waals surface area contributed by atoms with Crippen molar-refractivity contribution in [2.24, 2.45) is 0 Å². The summed E-state index contributed by atoms with van der Waals surface area (Å²) in [7, 11) is 3.97. The van der Waals surface area contributed by atoms with Crippen molar-refractivity contribution in [3.05, 3.63) is 28.2 Å². The molecule has 3 nitrogen and oxygen atoms in total. The summed E-state index contributed by atoms with van der Waals surface area (Å²) in [5, 5.41) is 3.44. The van der Waals surface area contributed by atoms with E-state index >= 15 is 0 Å². The Hall–Kier alpha value is -0.580. The minimum absolute atomic E-state index is 0.703. The van der Waals surface area contributed by atoms with Gasteiger partial charge in [0.15, 0.2) is 0 Å². The van der Waals surface area contributed by atoms with Crippen molar-refractivity contribution in [1.82, 2.24) is 5.32 Å². The number of halogens is 1. The van der Waals surface area contributed by atoms with Gasteiger partial charge in [0.25, 0.3) is 0 Å². The number of nitrogens with zero attached hydrogens (tertiary/aromatic N) is 1. The minimum atomic E-state index is 0.703. The molecule has 0 saturated heterocycles. The second-order valence-electron chi connectivity index (χ2n) is 5.49. The van der Waals surface area contributed by atoms with Crippen LogP contribution in [0.1, 0.15) is 31.2 Å². The molecule has 0 amide bonds. The molecule has 2 rings (SSSR count). The average Bonchev–Trinajstić information content (AvgIpc) is 2.97. The van der Waals surface area contributed by atoms with E-state index in [1.807, 2.05) is 0 Å². The van der Waals surface area contributed by atoms with E-state index in [1.165, 1.54) is 36.9 Å². The monoisotopic (exact) mass is 340 g/mol. The maximum absolute atomic E-state index is 5.08. The molecule has 1 fully saturated rings. The maximum atomic E-state index is 5.08. The lowest BCUT2D eigenvalue weighted by Gasteiger charge is -2.29. The van der Waals surface area contributed by atoms with Gasteiger partial charge in [-0.2, -0.15) is 0 Å². The number of benzene rings is 1. The van der Waals surface area contributed by atoms with Crippen LogP contribution in [-0.4, -0.2) is 33.4 Å². The van der Waals surface area contributed by atoms with Gasteiger partial charge < -0.3 is 15.0 Å². The first-order valence-electron chi connectivity index (χ1n) is 7.43. The molecule has 20 heavy (non-hydrogen) atoms. The first-order chi connectivity index (χ1) is 9.72. The van der Waals surface area contributed by atoms with Crippen molar-refractivity contribution in [3.8, 4) is 0 Å². The summed E-state index contributed by atoms with van der Waals surface area (Å²) in [5.74, 6) is 0. The normalized spacial score (nSPS) is 15.8. The van der Waals surface area contributed by atoms with E-state index in [-0.39, 0.29) is 0 Å². The average molecular weight is 341 g/mol. The van der Waals surface area contributed by atoms with Crippen molar-refractivity contribution in [1.29, 1.82) is 0 Å². The molecular weight excluding hydrogens is 316 g/mol. The van der Waals surface area contributed by atoms with Gasteiger partial charge in [0, 0.05) is 43.4 Å². The standard InChI is InChI=1S/C16H25BrN2O/c1-19(15-5-3-4-6-15)16-8-7-14(17)11-13(16)12-18-9-10-20-2/h7-8,11,15,18H,3-6,9-10,12H2,1-2H3. The van der Waals surface area contributed by atoms with Gasteiger partial charge in [-0.1, -0.05) is 28.8 Å². The number of rotatable bonds is 7. The predicted octanol–water partition coefficient (Wildman–Crippen LogP) is 3.56. The molecule has 1 aliphatic rings. The molecule has 1 aromatic rings. The molecule has 112 valence electrons. The van der Waals surface area contributed by atoms with Crippen LogP contribution in [-0.2, 0) is 11.3 Å². The lowest BCUT2D eigenvalue weighted by Crippen LogP contribution is -2.30. The molecule has 1 aromatic carbocycles. The third-order valence-corrected chi connectivity index (χ3v) is 4.59. The first-order valence-corrected chi connectivity index (χ1v) is 8.22. The fraction of sp³-hybridized carbons (Fsp3) is 0.625. The molecule has 1 saturated carbocycles. The van der Waals surface area contributed by atoms with Gasteiger partial charge in [0.2, 0.25) is 0 Å². The molecule has 0 atom stereocenters. The SMILES string of the molecule is COCCNCc1cc(Br)ccc1N(C)C1CCCC1. The third kappa shape index (κ3) is 4.21. The molecule has 0 spiro atoms. The van der Waals surface area contributed by atoms with E-state index in [1.54, 1.807) is 7.11 Å². The molecule has 1 N–H and O–H groups in total. The summed E-state index contributed by atoms with van der Waals surface area (Å²) >= 11 is 3.58. The van der Waals surface area contributed by atoms with Crippen molar-refractivity contribution < 1.29 is 4.74 Å². The number of methoxy groups -OCH3 is 1. The summed E-state index contributed by atoms with van der Waals surface area (Å²) in [5.41, 5.74) is 2.70. The highest BCUT2D eigenvalue weighted by Gasteiger charge is 2.21. The Labute approximate surface area is 130 Å². The molecular formula is C16H25BrN2O. The van der Waals surface area contributed by atoms with Crippen LogP contribution < -0.4 is 10.2 Å². The number of anilines is 1. The van der Waals surface area contributed by atoms with Gasteiger partial charge in [-0.25, -0.2) is 0 Å². The van der Waals surface area contributed by atoms with Gasteiger partial charge >= 0.3 is 0 Å². The Kier molecular flexibility index (Phi) is 6.33. The van der Waals surface area contributed by atoms with Crippen LogP contribution in [0.25, 0.3) is 0 Å². The van der Waals surface area contributed by atoms with Crippen LogP contribution in [0.2, 0.25) is 0 Å². The highest BCUT2D eigenvalue weighted by Crippen LogP contribution is 2.30. The lowest BCUT2D eigenvalue weighted by molar-refractivity contribution is 0.199. The number of hydrogen-bond donors (Lipinski definition) is 1. The topological polar surface area (TPSA) is 24.5 Å². The Morgan fingerprint density at radius 3 is 2.80 bits per heavy atom. The quantitative estimate of drug-likeness (QED) is 0.768. The minimum Gasteiger partial charge on any atom is -0.383 e. The van der Waals surface area contributed by atoms with Crippen LogP contribution in [0, 0.1) is 0 Å². The fourth-order valence-electron chi connectivity index (χ4n) is 2.93. The van der Waals surface area contributed by atoms with Crippen molar-refractivity contribution in [3.63, 3.8) is 0 Å². The molecule has 0 heterocycles. The summed E-state index contributed by atoms with van der Waals surface area (Å²) in [6, 6.07) is 7.30. The number of ether oxygens (including phenoxy) is 1. The maximum Gasteiger partial charge on any atom is 0.0587 e. The van der Waals surface area contributed by atoms with Gasteiger partial charge in [-0.3, -0.25) is 0 Å². The van der Waals surface area contributed by atoms with Crippen LogP contribution >= 0.6 is 15.9 Å². The van der Waals surface area contributed by atoms with Crippen LogP contribution in [0.3, 0.4) is 0 Å². The van der Waals surface area contributed by atoms with E-state index < -0.39 is 0 Å². The Balaban J connectivity index is 2.06. The molecule has 0 unspecified atom stereocenters. The molecule has 1 aliphatic carbocycles. The predicted molar refractivity (Wildman–Crippen MR) is 88.4 cm³/mol. The van der Waals surface area contributed by atoms with Gasteiger partial charge in [0.05, 0.1) is 6.61 Å². The number of hydrogen-bond acceptors (Lipinski definition) is 3. The Bertz CT molecular complexity index is 419. The molecule has 0 aromatic heterocycles. The summed E-state index contributed by atoms with van der Waals surface area (Å²) < 4.78 is 6.22. The smallest absolute Gasteiger partial charge is 0.0587 e. The van der Waals surface area contributed by atoms with E-state index in [0.29, 0.717) is 6.04 Å². The highest BCUT2D eigenvalue weighted by molar-refractivity contribution is 9.10. The van der Waals surface area contributed by atoms with E-state index in [4.69, 9.17) is 4.74 Å². The summed E-state index contributed by atoms with van der Waals surface area (Å²) in [6.07, 6.45) is 5.38. The van der Waals surface area contributed by atoms with Crippen LogP contribution in [0.15, 0.2) is 22.7 Å². The van der Waals surface area contributed by atoms with Crippen molar-refractivity contribution in [2.75, 3.05) is 32.2 Å². The van der Waals surface area contributed by atoms with E-state index in [0.717, 1.165) is 24.2 Å². The summed E-state index contributed by atoms with van der Waals surface area (Å²) in [4.78, 5) is 2.47. The number of nitrogens with one attached hydrogen (secondary N) is 1. The van der Waals surface area contributed by atoms with Crippen LogP contribution in [0.4, 0.5) is 5.69 Å². The first kappa shape index (κ1) is 15.8. The second-order valence-corrected chi connectivity index (χ2v) is 6.41. The zero-order chi connectivity index (χ0) is 14.4. The Morgan fingerprint density at radius 1 is 1.35 bits per heavy atom. The van der Waals surface area contributed by atoms with E-state index in [9.17, 15) is 0 Å².